The maximum absolute atomic E-state index is 13.3. The Morgan fingerprint density at radius 1 is 1.28 bits per heavy atom. The number of halogens is 1. The standard InChI is InChI=1S/C19H23FN4O/c1-23(19(25)24(2)17-7-3-6-15(20)13-17)12-10-16-9-8-14-5-4-11-21-18(14)22-16/h3,6-9,13H,4-5,10-12H2,1-2H3,(H,21,22). The van der Waals surface area contributed by atoms with Gasteiger partial charge in [-0.3, -0.25) is 4.90 Å². The van der Waals surface area contributed by atoms with Gasteiger partial charge < -0.3 is 10.2 Å². The lowest BCUT2D eigenvalue weighted by atomic mass is 10.1. The molecule has 2 aromatic rings. The van der Waals surface area contributed by atoms with Crippen molar-refractivity contribution in [2.45, 2.75) is 19.3 Å². The zero-order chi connectivity index (χ0) is 17.8. The lowest BCUT2D eigenvalue weighted by Gasteiger charge is -2.25. The van der Waals surface area contributed by atoms with Crippen LogP contribution in [0.2, 0.25) is 0 Å². The lowest BCUT2D eigenvalue weighted by Crippen LogP contribution is -2.39. The molecule has 2 amide bonds. The van der Waals surface area contributed by atoms with Crippen LogP contribution in [0.1, 0.15) is 17.7 Å². The van der Waals surface area contributed by atoms with Crippen molar-refractivity contribution in [3.8, 4) is 0 Å². The van der Waals surface area contributed by atoms with Crippen molar-refractivity contribution < 1.29 is 9.18 Å². The quantitative estimate of drug-likeness (QED) is 0.927. The first-order valence-electron chi connectivity index (χ1n) is 8.51. The molecule has 0 radical (unpaired) electrons. The Hall–Kier alpha value is -2.63. The largest absolute Gasteiger partial charge is 0.370 e. The third kappa shape index (κ3) is 4.07. The second-order valence-electron chi connectivity index (χ2n) is 6.33. The normalized spacial score (nSPS) is 12.9. The number of carbonyl (C=O) groups excluding carboxylic acids is 1. The fourth-order valence-corrected chi connectivity index (χ4v) is 2.94. The minimum Gasteiger partial charge on any atom is -0.370 e. The number of amides is 2. The zero-order valence-electron chi connectivity index (χ0n) is 14.6. The number of hydrogen-bond acceptors (Lipinski definition) is 3. The highest BCUT2D eigenvalue weighted by Gasteiger charge is 2.17. The van der Waals surface area contributed by atoms with E-state index in [2.05, 4.69) is 16.4 Å². The summed E-state index contributed by atoms with van der Waals surface area (Å²) in [7, 11) is 3.39. The first kappa shape index (κ1) is 17.2. The second kappa shape index (κ2) is 7.51. The van der Waals surface area contributed by atoms with E-state index in [4.69, 9.17) is 0 Å². The van der Waals surface area contributed by atoms with E-state index in [0.717, 1.165) is 30.9 Å². The summed E-state index contributed by atoms with van der Waals surface area (Å²) in [6.45, 7) is 1.50. The molecular weight excluding hydrogens is 319 g/mol. The van der Waals surface area contributed by atoms with Gasteiger partial charge in [-0.15, -0.1) is 0 Å². The number of hydrogen-bond donors (Lipinski definition) is 1. The van der Waals surface area contributed by atoms with Crippen molar-refractivity contribution >= 4 is 17.5 Å². The Kier molecular flexibility index (Phi) is 5.16. The van der Waals surface area contributed by atoms with Crippen LogP contribution in [0, 0.1) is 5.82 Å². The predicted molar refractivity (Wildman–Crippen MR) is 97.6 cm³/mol. The minimum absolute atomic E-state index is 0.179. The Morgan fingerprint density at radius 2 is 2.12 bits per heavy atom. The molecule has 1 N–H and O–H groups in total. The molecule has 0 bridgehead atoms. The van der Waals surface area contributed by atoms with Crippen LogP contribution in [0.4, 0.5) is 20.7 Å². The molecular formula is C19H23FN4O. The van der Waals surface area contributed by atoms with Gasteiger partial charge in [0.25, 0.3) is 0 Å². The van der Waals surface area contributed by atoms with Gasteiger partial charge in [-0.05, 0) is 42.7 Å². The van der Waals surface area contributed by atoms with E-state index in [9.17, 15) is 9.18 Å². The summed E-state index contributed by atoms with van der Waals surface area (Å²) < 4.78 is 13.3. The van der Waals surface area contributed by atoms with Crippen LogP contribution >= 0.6 is 0 Å². The van der Waals surface area contributed by atoms with E-state index in [-0.39, 0.29) is 11.8 Å². The molecule has 0 spiro atoms. The van der Waals surface area contributed by atoms with Gasteiger partial charge in [-0.1, -0.05) is 12.1 Å². The molecule has 2 heterocycles. The predicted octanol–water partition coefficient (Wildman–Crippen LogP) is 3.31. The monoisotopic (exact) mass is 342 g/mol. The van der Waals surface area contributed by atoms with Gasteiger partial charge in [0.15, 0.2) is 0 Å². The fraction of sp³-hybridized carbons (Fsp3) is 0.368. The van der Waals surface area contributed by atoms with Crippen molar-refractivity contribution in [3.05, 3.63) is 53.5 Å². The molecule has 0 fully saturated rings. The van der Waals surface area contributed by atoms with Gasteiger partial charge >= 0.3 is 6.03 Å². The van der Waals surface area contributed by atoms with Crippen molar-refractivity contribution in [1.29, 1.82) is 0 Å². The smallest absolute Gasteiger partial charge is 0.323 e. The highest BCUT2D eigenvalue weighted by Crippen LogP contribution is 2.20. The van der Waals surface area contributed by atoms with E-state index in [0.29, 0.717) is 18.7 Å². The van der Waals surface area contributed by atoms with Crippen LogP contribution in [-0.4, -0.2) is 43.1 Å². The van der Waals surface area contributed by atoms with Crippen molar-refractivity contribution in [2.24, 2.45) is 0 Å². The van der Waals surface area contributed by atoms with Crippen LogP contribution in [0.15, 0.2) is 36.4 Å². The van der Waals surface area contributed by atoms with Crippen LogP contribution in [-0.2, 0) is 12.8 Å². The van der Waals surface area contributed by atoms with Crippen LogP contribution in [0.3, 0.4) is 0 Å². The number of nitrogens with one attached hydrogen (secondary N) is 1. The number of carbonyl (C=O) groups is 1. The van der Waals surface area contributed by atoms with Crippen LogP contribution in [0.5, 0.6) is 0 Å². The molecule has 1 aliphatic heterocycles. The lowest BCUT2D eigenvalue weighted by molar-refractivity contribution is 0.217. The van der Waals surface area contributed by atoms with E-state index < -0.39 is 0 Å². The van der Waals surface area contributed by atoms with Crippen LogP contribution < -0.4 is 10.2 Å². The Morgan fingerprint density at radius 3 is 2.92 bits per heavy atom. The van der Waals surface area contributed by atoms with Gasteiger partial charge in [-0.2, -0.15) is 0 Å². The number of pyridine rings is 1. The Balaban J connectivity index is 1.60. The SMILES string of the molecule is CN(CCc1ccc2c(n1)NCCC2)C(=O)N(C)c1cccc(F)c1. The van der Waals surface area contributed by atoms with E-state index >= 15 is 0 Å². The fourth-order valence-electron chi connectivity index (χ4n) is 2.94. The summed E-state index contributed by atoms with van der Waals surface area (Å²) in [5.74, 6) is 0.611. The van der Waals surface area contributed by atoms with Gasteiger partial charge in [0.2, 0.25) is 0 Å². The molecule has 0 saturated heterocycles. The number of benzene rings is 1. The number of urea groups is 1. The summed E-state index contributed by atoms with van der Waals surface area (Å²) >= 11 is 0. The molecule has 25 heavy (non-hydrogen) atoms. The zero-order valence-corrected chi connectivity index (χ0v) is 14.6. The topological polar surface area (TPSA) is 48.5 Å². The summed E-state index contributed by atoms with van der Waals surface area (Å²) in [6, 6.07) is 9.99. The molecule has 3 rings (SSSR count). The average molecular weight is 342 g/mol. The summed E-state index contributed by atoms with van der Waals surface area (Å²) in [5.41, 5.74) is 2.75. The highest BCUT2D eigenvalue weighted by molar-refractivity contribution is 5.91. The number of aryl methyl sites for hydroxylation is 1. The highest BCUT2D eigenvalue weighted by atomic mass is 19.1. The Labute approximate surface area is 147 Å². The molecule has 1 aliphatic rings. The van der Waals surface area contributed by atoms with Crippen molar-refractivity contribution in [2.75, 3.05) is 37.4 Å². The van der Waals surface area contributed by atoms with Gasteiger partial charge in [0.1, 0.15) is 11.6 Å². The van der Waals surface area contributed by atoms with Gasteiger partial charge in [0.05, 0.1) is 0 Å². The molecule has 0 unspecified atom stereocenters. The number of nitrogens with zero attached hydrogens (tertiary/aromatic N) is 3. The molecule has 0 saturated carbocycles. The number of fused-ring (bicyclic) bond motifs is 1. The third-order valence-corrected chi connectivity index (χ3v) is 4.46. The second-order valence-corrected chi connectivity index (χ2v) is 6.33. The number of rotatable bonds is 4. The maximum Gasteiger partial charge on any atom is 0.323 e. The first-order chi connectivity index (χ1) is 12.0. The molecule has 0 aliphatic carbocycles. The Bertz CT molecular complexity index is 765. The first-order valence-corrected chi connectivity index (χ1v) is 8.51. The molecule has 1 aromatic heterocycles. The van der Waals surface area contributed by atoms with E-state index in [1.54, 1.807) is 31.1 Å². The van der Waals surface area contributed by atoms with Crippen LogP contribution in [0.25, 0.3) is 0 Å². The minimum atomic E-state index is -0.356. The number of likely N-dealkylation sites (N-methyl/N-ethyl adjacent to an activating group) is 1. The maximum atomic E-state index is 13.3. The summed E-state index contributed by atoms with van der Waals surface area (Å²) in [5, 5.41) is 3.32. The van der Waals surface area contributed by atoms with Crippen molar-refractivity contribution in [3.63, 3.8) is 0 Å². The average Bonchev–Trinajstić information content (AvgIpc) is 2.64. The van der Waals surface area contributed by atoms with Crippen molar-refractivity contribution in [1.82, 2.24) is 9.88 Å². The number of aromatic nitrogens is 1. The molecule has 1 aromatic carbocycles. The van der Waals surface area contributed by atoms with E-state index in [1.165, 1.54) is 22.6 Å². The van der Waals surface area contributed by atoms with E-state index in [1.807, 2.05) is 6.07 Å². The molecule has 132 valence electrons. The van der Waals surface area contributed by atoms with Gasteiger partial charge in [-0.25, -0.2) is 14.2 Å². The molecule has 5 nitrogen and oxygen atoms in total. The summed E-state index contributed by atoms with van der Waals surface area (Å²) in [4.78, 5) is 20.2. The molecule has 0 atom stereocenters. The number of anilines is 2. The summed E-state index contributed by atoms with van der Waals surface area (Å²) in [6.07, 6.45) is 2.87. The molecule has 6 heteroatoms. The third-order valence-electron chi connectivity index (χ3n) is 4.46. The van der Waals surface area contributed by atoms with Gasteiger partial charge in [0, 0.05) is 45.0 Å².